The molecule has 0 aliphatic carbocycles. The summed E-state index contributed by atoms with van der Waals surface area (Å²) in [5, 5.41) is 0.557. The van der Waals surface area contributed by atoms with Crippen LogP contribution in [0.3, 0.4) is 0 Å². The van der Waals surface area contributed by atoms with Crippen LogP contribution in [-0.4, -0.2) is 33.9 Å². The molecule has 0 bridgehead atoms. The molecule has 1 aromatic heterocycles. The van der Waals surface area contributed by atoms with E-state index in [2.05, 4.69) is 0 Å². The Bertz CT molecular complexity index is 764. The van der Waals surface area contributed by atoms with Gasteiger partial charge in [0.1, 0.15) is 17.2 Å². The molecule has 0 atom stereocenters. The first-order valence-electron chi connectivity index (χ1n) is 7.66. The first-order chi connectivity index (χ1) is 11.2. The van der Waals surface area contributed by atoms with E-state index < -0.39 is 0 Å². The number of benzene rings is 1. The zero-order valence-corrected chi connectivity index (χ0v) is 14.0. The molecule has 3 rings (SSSR count). The fraction of sp³-hybridized carbons (Fsp3) is 0.222. The maximum absolute atomic E-state index is 12.5. The van der Waals surface area contributed by atoms with Crippen molar-refractivity contribution in [1.29, 1.82) is 0 Å². The lowest BCUT2D eigenvalue weighted by Crippen LogP contribution is -2.32. The first kappa shape index (κ1) is 15.5. The Hall–Kier alpha value is -2.40. The average molecular weight is 326 g/mol. The Labute approximate surface area is 141 Å². The normalized spacial score (nSPS) is 16.7. The summed E-state index contributed by atoms with van der Waals surface area (Å²) in [5.74, 6) is 1.35. The van der Waals surface area contributed by atoms with Gasteiger partial charge >= 0.3 is 0 Å². The van der Waals surface area contributed by atoms with Crippen LogP contribution >= 0.6 is 12.2 Å². The number of amides is 1. The van der Waals surface area contributed by atoms with Crippen LogP contribution in [0.5, 0.6) is 0 Å². The molecule has 23 heavy (non-hydrogen) atoms. The molecule has 4 nitrogen and oxygen atoms in total. The molecule has 0 N–H and O–H groups in total. The summed E-state index contributed by atoms with van der Waals surface area (Å²) in [6.07, 6.45) is 1.76. The van der Waals surface area contributed by atoms with Gasteiger partial charge in [0.15, 0.2) is 5.11 Å². The minimum atomic E-state index is -0.0722. The molecular formula is C18H18N2O2S. The second kappa shape index (κ2) is 6.38. The van der Waals surface area contributed by atoms with Gasteiger partial charge < -0.3 is 9.32 Å². The summed E-state index contributed by atoms with van der Waals surface area (Å²) in [6.45, 7) is 5.11. The largest absolute Gasteiger partial charge is 0.457 e. The SMILES string of the molecule is CCN1C(=O)/C(=C/c2ccc(-c3ccccc3)o2)N(CC)C1=S. The highest BCUT2D eigenvalue weighted by molar-refractivity contribution is 7.80. The summed E-state index contributed by atoms with van der Waals surface area (Å²) in [4.78, 5) is 15.9. The highest BCUT2D eigenvalue weighted by atomic mass is 32.1. The number of carbonyl (C=O) groups is 1. The van der Waals surface area contributed by atoms with Crippen molar-refractivity contribution >= 4 is 29.3 Å². The predicted molar refractivity (Wildman–Crippen MR) is 94.5 cm³/mol. The van der Waals surface area contributed by atoms with E-state index in [0.717, 1.165) is 11.3 Å². The van der Waals surface area contributed by atoms with E-state index in [1.54, 1.807) is 11.0 Å². The fourth-order valence-corrected chi connectivity index (χ4v) is 3.08. The molecule has 1 amide bonds. The van der Waals surface area contributed by atoms with Gasteiger partial charge in [-0.25, -0.2) is 0 Å². The molecule has 2 aromatic rings. The molecule has 5 heteroatoms. The average Bonchev–Trinajstić information content (AvgIpc) is 3.12. The molecule has 1 saturated heterocycles. The summed E-state index contributed by atoms with van der Waals surface area (Å²) in [6, 6.07) is 13.7. The number of carbonyl (C=O) groups excluding carboxylic acids is 1. The van der Waals surface area contributed by atoms with Crippen molar-refractivity contribution in [1.82, 2.24) is 9.80 Å². The van der Waals surface area contributed by atoms with E-state index >= 15 is 0 Å². The van der Waals surface area contributed by atoms with Gasteiger partial charge in [-0.3, -0.25) is 9.69 Å². The summed E-state index contributed by atoms with van der Waals surface area (Å²) in [7, 11) is 0. The van der Waals surface area contributed by atoms with Crippen molar-refractivity contribution in [2.75, 3.05) is 13.1 Å². The number of thiocarbonyl (C=S) groups is 1. The number of furan rings is 1. The molecule has 1 aliphatic rings. The van der Waals surface area contributed by atoms with Crippen LogP contribution in [0, 0.1) is 0 Å². The Morgan fingerprint density at radius 1 is 1.04 bits per heavy atom. The maximum Gasteiger partial charge on any atom is 0.276 e. The van der Waals surface area contributed by atoms with Crippen molar-refractivity contribution in [2.24, 2.45) is 0 Å². The highest BCUT2D eigenvalue weighted by Gasteiger charge is 2.36. The van der Waals surface area contributed by atoms with Gasteiger partial charge in [-0.05, 0) is 38.2 Å². The number of rotatable bonds is 4. The summed E-state index contributed by atoms with van der Waals surface area (Å²) < 4.78 is 5.86. The maximum atomic E-state index is 12.5. The Balaban J connectivity index is 1.94. The summed E-state index contributed by atoms with van der Waals surface area (Å²) >= 11 is 5.37. The molecule has 0 spiro atoms. The minimum Gasteiger partial charge on any atom is -0.457 e. The monoisotopic (exact) mass is 326 g/mol. The molecule has 0 unspecified atom stereocenters. The number of hydrogen-bond acceptors (Lipinski definition) is 3. The van der Waals surface area contributed by atoms with Gasteiger partial charge in [-0.1, -0.05) is 30.3 Å². The van der Waals surface area contributed by atoms with Crippen molar-refractivity contribution in [3.8, 4) is 11.3 Å². The molecule has 2 heterocycles. The topological polar surface area (TPSA) is 36.7 Å². The number of nitrogens with zero attached hydrogens (tertiary/aromatic N) is 2. The van der Waals surface area contributed by atoms with E-state index in [1.165, 1.54) is 0 Å². The van der Waals surface area contributed by atoms with Crippen LogP contribution in [0.25, 0.3) is 17.4 Å². The van der Waals surface area contributed by atoms with Crippen molar-refractivity contribution in [2.45, 2.75) is 13.8 Å². The quantitative estimate of drug-likeness (QED) is 0.633. The molecule has 0 saturated carbocycles. The number of hydrogen-bond donors (Lipinski definition) is 0. The van der Waals surface area contributed by atoms with E-state index in [1.807, 2.05) is 61.2 Å². The van der Waals surface area contributed by atoms with Gasteiger partial charge in [0.05, 0.1) is 0 Å². The van der Waals surface area contributed by atoms with E-state index in [0.29, 0.717) is 29.7 Å². The van der Waals surface area contributed by atoms with E-state index in [-0.39, 0.29) is 5.91 Å². The lowest BCUT2D eigenvalue weighted by atomic mass is 10.2. The zero-order chi connectivity index (χ0) is 16.4. The number of likely N-dealkylation sites (N-methyl/N-ethyl adjacent to an activating group) is 2. The molecule has 0 radical (unpaired) electrons. The zero-order valence-electron chi connectivity index (χ0n) is 13.2. The first-order valence-corrected chi connectivity index (χ1v) is 8.06. The van der Waals surface area contributed by atoms with E-state index in [9.17, 15) is 4.79 Å². The molecule has 1 aromatic carbocycles. The van der Waals surface area contributed by atoms with Gasteiger partial charge in [0, 0.05) is 24.7 Å². The van der Waals surface area contributed by atoms with Crippen molar-refractivity contribution in [3.63, 3.8) is 0 Å². The Kier molecular flexibility index (Phi) is 4.30. The standard InChI is InChI=1S/C18H18N2O2S/c1-3-19-15(17(21)20(4-2)18(19)23)12-14-10-11-16(22-14)13-8-6-5-7-9-13/h5-12H,3-4H2,1-2H3/b15-12-. The van der Waals surface area contributed by atoms with Crippen molar-refractivity contribution < 1.29 is 9.21 Å². The fourth-order valence-electron chi connectivity index (χ4n) is 2.64. The van der Waals surface area contributed by atoms with Crippen LogP contribution in [0.1, 0.15) is 19.6 Å². The van der Waals surface area contributed by atoms with E-state index in [4.69, 9.17) is 16.6 Å². The minimum absolute atomic E-state index is 0.0722. The third-order valence-electron chi connectivity index (χ3n) is 3.81. The van der Waals surface area contributed by atoms with Crippen LogP contribution < -0.4 is 0 Å². The van der Waals surface area contributed by atoms with Crippen LogP contribution in [0.4, 0.5) is 0 Å². The van der Waals surface area contributed by atoms with Gasteiger partial charge in [-0.2, -0.15) is 0 Å². The lowest BCUT2D eigenvalue weighted by molar-refractivity contribution is -0.122. The molecule has 1 aliphatic heterocycles. The predicted octanol–water partition coefficient (Wildman–Crippen LogP) is 3.76. The third kappa shape index (κ3) is 2.80. The Morgan fingerprint density at radius 2 is 1.74 bits per heavy atom. The molecular weight excluding hydrogens is 308 g/mol. The lowest BCUT2D eigenvalue weighted by Gasteiger charge is -2.16. The van der Waals surface area contributed by atoms with Crippen LogP contribution in [-0.2, 0) is 4.79 Å². The molecule has 118 valence electrons. The van der Waals surface area contributed by atoms with Crippen LogP contribution in [0.2, 0.25) is 0 Å². The third-order valence-corrected chi connectivity index (χ3v) is 4.25. The second-order valence-corrected chi connectivity index (χ2v) is 5.54. The second-order valence-electron chi connectivity index (χ2n) is 5.17. The van der Waals surface area contributed by atoms with Crippen LogP contribution in [0.15, 0.2) is 52.6 Å². The highest BCUT2D eigenvalue weighted by Crippen LogP contribution is 2.26. The molecule has 1 fully saturated rings. The Morgan fingerprint density at radius 3 is 2.39 bits per heavy atom. The summed E-state index contributed by atoms with van der Waals surface area (Å²) in [5.41, 5.74) is 1.57. The smallest absolute Gasteiger partial charge is 0.276 e. The van der Waals surface area contributed by atoms with Gasteiger partial charge in [0.25, 0.3) is 5.91 Å². The van der Waals surface area contributed by atoms with Gasteiger partial charge in [-0.15, -0.1) is 0 Å². The van der Waals surface area contributed by atoms with Gasteiger partial charge in [0.2, 0.25) is 0 Å². The van der Waals surface area contributed by atoms with Crippen molar-refractivity contribution in [3.05, 3.63) is 53.9 Å².